The number of hydrogen-bond acceptors (Lipinski definition) is 3. The standard InChI is InChI=1S/C18H30O2S/c1-15(2)13-4-6-16(3,10-13)18(15,19)14-5-8-20-17(11-14)7-9-21-12-17/h13-14,19H,4-12H2,1-3H3. The van der Waals surface area contributed by atoms with Crippen LogP contribution in [0.4, 0.5) is 0 Å². The first-order chi connectivity index (χ1) is 9.83. The average molecular weight is 311 g/mol. The van der Waals surface area contributed by atoms with Crippen LogP contribution in [0.3, 0.4) is 0 Å². The van der Waals surface area contributed by atoms with Crippen LogP contribution in [0.25, 0.3) is 0 Å². The van der Waals surface area contributed by atoms with Crippen LogP contribution in [0.15, 0.2) is 0 Å². The van der Waals surface area contributed by atoms with E-state index in [2.05, 4.69) is 20.8 Å². The average Bonchev–Trinajstić information content (AvgIpc) is 3.08. The van der Waals surface area contributed by atoms with Gasteiger partial charge in [-0.15, -0.1) is 0 Å². The van der Waals surface area contributed by atoms with Crippen molar-refractivity contribution < 1.29 is 9.84 Å². The van der Waals surface area contributed by atoms with E-state index in [1.54, 1.807) is 0 Å². The Balaban J connectivity index is 1.68. The Morgan fingerprint density at radius 3 is 2.48 bits per heavy atom. The van der Waals surface area contributed by atoms with Crippen LogP contribution < -0.4 is 0 Å². The van der Waals surface area contributed by atoms with Gasteiger partial charge >= 0.3 is 0 Å². The summed E-state index contributed by atoms with van der Waals surface area (Å²) < 4.78 is 6.21. The summed E-state index contributed by atoms with van der Waals surface area (Å²) in [5, 5.41) is 12.0. The molecule has 120 valence electrons. The van der Waals surface area contributed by atoms with Crippen molar-refractivity contribution in [1.29, 1.82) is 0 Å². The smallest absolute Gasteiger partial charge is 0.0784 e. The van der Waals surface area contributed by atoms with Crippen LogP contribution in [0, 0.1) is 22.7 Å². The van der Waals surface area contributed by atoms with Crippen molar-refractivity contribution in [2.45, 2.75) is 70.5 Å². The first-order valence-corrected chi connectivity index (χ1v) is 9.93. The van der Waals surface area contributed by atoms with E-state index in [1.165, 1.54) is 31.4 Å². The molecule has 2 aliphatic heterocycles. The van der Waals surface area contributed by atoms with E-state index in [1.807, 2.05) is 11.8 Å². The quantitative estimate of drug-likeness (QED) is 0.797. The molecule has 2 saturated heterocycles. The molecule has 21 heavy (non-hydrogen) atoms. The molecule has 0 amide bonds. The molecule has 0 aromatic rings. The van der Waals surface area contributed by atoms with Crippen LogP contribution in [-0.4, -0.2) is 34.4 Å². The van der Waals surface area contributed by atoms with Gasteiger partial charge in [0.15, 0.2) is 0 Å². The van der Waals surface area contributed by atoms with Crippen molar-refractivity contribution in [3.05, 3.63) is 0 Å². The third-order valence-electron chi connectivity index (χ3n) is 7.82. The second-order valence-corrected chi connectivity index (χ2v) is 10.1. The van der Waals surface area contributed by atoms with Crippen molar-refractivity contribution in [2.24, 2.45) is 22.7 Å². The zero-order valence-corrected chi connectivity index (χ0v) is 14.6. The summed E-state index contributed by atoms with van der Waals surface area (Å²) in [5.74, 6) is 3.51. The maximum atomic E-state index is 12.0. The Bertz CT molecular complexity index is 436. The van der Waals surface area contributed by atoms with Gasteiger partial charge in [0, 0.05) is 12.4 Å². The Labute approximate surface area is 133 Å². The molecule has 0 radical (unpaired) electrons. The molecule has 4 rings (SSSR count). The van der Waals surface area contributed by atoms with Gasteiger partial charge in [-0.3, -0.25) is 0 Å². The zero-order chi connectivity index (χ0) is 14.9. The summed E-state index contributed by atoms with van der Waals surface area (Å²) >= 11 is 2.03. The molecule has 2 bridgehead atoms. The molecule has 0 aromatic heterocycles. The normalized spacial score (nSPS) is 55.4. The highest BCUT2D eigenvalue weighted by molar-refractivity contribution is 7.99. The van der Waals surface area contributed by atoms with E-state index in [9.17, 15) is 5.11 Å². The van der Waals surface area contributed by atoms with Crippen LogP contribution in [0.2, 0.25) is 0 Å². The van der Waals surface area contributed by atoms with E-state index < -0.39 is 5.60 Å². The highest BCUT2D eigenvalue weighted by Gasteiger charge is 2.71. The predicted molar refractivity (Wildman–Crippen MR) is 87.5 cm³/mol. The maximum absolute atomic E-state index is 12.0. The summed E-state index contributed by atoms with van der Waals surface area (Å²) in [6.07, 6.45) is 7.09. The third kappa shape index (κ3) is 1.74. The Morgan fingerprint density at radius 1 is 1.05 bits per heavy atom. The lowest BCUT2D eigenvalue weighted by molar-refractivity contribution is -0.215. The molecule has 5 atom stereocenters. The van der Waals surface area contributed by atoms with Crippen molar-refractivity contribution in [3.8, 4) is 0 Å². The maximum Gasteiger partial charge on any atom is 0.0784 e. The lowest BCUT2D eigenvalue weighted by Crippen LogP contribution is -2.61. The predicted octanol–water partition coefficient (Wildman–Crippen LogP) is 3.87. The Kier molecular flexibility index (Phi) is 3.12. The second kappa shape index (κ2) is 4.42. The SMILES string of the molecule is CC12CCC(C1)C(C)(C)C2(O)C1CCOC2(CCSC2)C1. The van der Waals surface area contributed by atoms with Crippen molar-refractivity contribution >= 4 is 11.8 Å². The van der Waals surface area contributed by atoms with Crippen LogP contribution >= 0.6 is 11.8 Å². The molecular weight excluding hydrogens is 280 g/mol. The molecule has 5 unspecified atom stereocenters. The van der Waals surface area contributed by atoms with E-state index in [-0.39, 0.29) is 16.4 Å². The summed E-state index contributed by atoms with van der Waals surface area (Å²) in [5.41, 5.74) is -0.213. The number of fused-ring (bicyclic) bond motifs is 2. The molecular formula is C18H30O2S. The lowest BCUT2D eigenvalue weighted by atomic mass is 9.53. The van der Waals surface area contributed by atoms with Gasteiger partial charge in [0.25, 0.3) is 0 Å². The highest BCUT2D eigenvalue weighted by atomic mass is 32.2. The third-order valence-corrected chi connectivity index (χ3v) is 9.04. The summed E-state index contributed by atoms with van der Waals surface area (Å²) in [4.78, 5) is 0. The minimum absolute atomic E-state index is 0.0644. The molecule has 1 spiro atoms. The fourth-order valence-corrected chi connectivity index (χ4v) is 7.94. The van der Waals surface area contributed by atoms with Crippen molar-refractivity contribution in [2.75, 3.05) is 18.1 Å². The van der Waals surface area contributed by atoms with E-state index in [0.29, 0.717) is 11.8 Å². The minimum atomic E-state index is -0.493. The van der Waals surface area contributed by atoms with E-state index >= 15 is 0 Å². The minimum Gasteiger partial charge on any atom is -0.388 e. The molecule has 4 fully saturated rings. The van der Waals surface area contributed by atoms with E-state index in [4.69, 9.17) is 4.74 Å². The van der Waals surface area contributed by atoms with Gasteiger partial charge < -0.3 is 9.84 Å². The van der Waals surface area contributed by atoms with Gasteiger partial charge in [0.2, 0.25) is 0 Å². The first-order valence-electron chi connectivity index (χ1n) is 8.77. The van der Waals surface area contributed by atoms with Gasteiger partial charge in [0.05, 0.1) is 11.2 Å². The molecule has 4 aliphatic rings. The van der Waals surface area contributed by atoms with Gasteiger partial charge in [0.1, 0.15) is 0 Å². The fourth-order valence-electron chi connectivity index (χ4n) is 6.56. The number of ether oxygens (including phenoxy) is 1. The summed E-state index contributed by atoms with van der Waals surface area (Å²) in [6, 6.07) is 0. The molecule has 1 N–H and O–H groups in total. The van der Waals surface area contributed by atoms with E-state index in [0.717, 1.165) is 25.2 Å². The number of aliphatic hydroxyl groups is 1. The largest absolute Gasteiger partial charge is 0.388 e. The number of rotatable bonds is 1. The van der Waals surface area contributed by atoms with Crippen LogP contribution in [0.1, 0.15) is 59.3 Å². The molecule has 3 heteroatoms. The second-order valence-electron chi connectivity index (χ2n) is 9.01. The Hall–Kier alpha value is 0.270. The van der Waals surface area contributed by atoms with Crippen LogP contribution in [0.5, 0.6) is 0 Å². The number of thioether (sulfide) groups is 1. The highest BCUT2D eigenvalue weighted by Crippen LogP contribution is 2.71. The molecule has 2 aliphatic carbocycles. The van der Waals surface area contributed by atoms with Gasteiger partial charge in [-0.2, -0.15) is 11.8 Å². The Morgan fingerprint density at radius 2 is 1.86 bits per heavy atom. The summed E-state index contributed by atoms with van der Waals surface area (Å²) in [6.45, 7) is 7.90. The van der Waals surface area contributed by atoms with Crippen LogP contribution in [-0.2, 0) is 4.74 Å². The molecule has 2 heterocycles. The zero-order valence-electron chi connectivity index (χ0n) is 13.8. The van der Waals surface area contributed by atoms with Gasteiger partial charge in [-0.05, 0) is 66.9 Å². The van der Waals surface area contributed by atoms with Crippen molar-refractivity contribution in [3.63, 3.8) is 0 Å². The number of hydrogen-bond donors (Lipinski definition) is 1. The topological polar surface area (TPSA) is 29.5 Å². The first kappa shape index (κ1) is 14.8. The van der Waals surface area contributed by atoms with Gasteiger partial charge in [-0.25, -0.2) is 0 Å². The summed E-state index contributed by atoms with van der Waals surface area (Å²) in [7, 11) is 0. The van der Waals surface area contributed by atoms with Crippen molar-refractivity contribution in [1.82, 2.24) is 0 Å². The lowest BCUT2D eigenvalue weighted by Gasteiger charge is -2.57. The fraction of sp³-hybridized carbons (Fsp3) is 1.00. The molecule has 2 saturated carbocycles. The molecule has 0 aromatic carbocycles. The monoisotopic (exact) mass is 310 g/mol. The van der Waals surface area contributed by atoms with Gasteiger partial charge in [-0.1, -0.05) is 20.8 Å². The molecule has 2 nitrogen and oxygen atoms in total.